The van der Waals surface area contributed by atoms with E-state index in [1.165, 1.54) is 12.1 Å². The maximum absolute atomic E-state index is 12.4. The van der Waals surface area contributed by atoms with Crippen LogP contribution in [0, 0.1) is 10.1 Å². The molecule has 0 unspecified atom stereocenters. The van der Waals surface area contributed by atoms with Gasteiger partial charge in [0.25, 0.3) is 11.6 Å². The number of nitrogens with zero attached hydrogens (tertiary/aromatic N) is 3. The van der Waals surface area contributed by atoms with Crippen LogP contribution in [-0.4, -0.2) is 41.6 Å². The van der Waals surface area contributed by atoms with Crippen LogP contribution in [0.3, 0.4) is 0 Å². The minimum absolute atomic E-state index is 0.0518. The predicted molar refractivity (Wildman–Crippen MR) is 119 cm³/mol. The van der Waals surface area contributed by atoms with Crippen molar-refractivity contribution in [2.45, 2.75) is 12.3 Å². The first kappa shape index (κ1) is 22.2. The highest BCUT2D eigenvalue weighted by atomic mass is 32.2. The van der Waals surface area contributed by atoms with Gasteiger partial charge in [0.15, 0.2) is 14.6 Å². The lowest BCUT2D eigenvalue weighted by atomic mass is 10.2. The van der Waals surface area contributed by atoms with Crippen molar-refractivity contribution in [1.29, 1.82) is 0 Å². The zero-order valence-corrected chi connectivity index (χ0v) is 18.5. The second-order valence-corrected chi connectivity index (χ2v) is 10.5. The van der Waals surface area contributed by atoms with Gasteiger partial charge in [0.05, 0.1) is 20.9 Å². The molecule has 0 atom stereocenters. The molecule has 0 bridgehead atoms. The van der Waals surface area contributed by atoms with E-state index in [4.69, 9.17) is 0 Å². The maximum Gasteiger partial charge on any atom is 0.270 e. The van der Waals surface area contributed by atoms with Crippen LogP contribution in [0.15, 0.2) is 53.5 Å². The van der Waals surface area contributed by atoms with E-state index < -0.39 is 26.4 Å². The molecular weight excluding hydrogens is 446 g/mol. The van der Waals surface area contributed by atoms with Gasteiger partial charge in [0, 0.05) is 24.4 Å². The van der Waals surface area contributed by atoms with Crippen molar-refractivity contribution in [3.63, 3.8) is 0 Å². The van der Waals surface area contributed by atoms with Crippen molar-refractivity contribution in [1.82, 2.24) is 4.57 Å². The number of aromatic nitrogens is 1. The highest BCUT2D eigenvalue weighted by Crippen LogP contribution is 2.23. The Morgan fingerprint density at radius 2 is 1.97 bits per heavy atom. The van der Waals surface area contributed by atoms with Gasteiger partial charge in [0.1, 0.15) is 5.75 Å². The number of thioether (sulfide) groups is 1. The van der Waals surface area contributed by atoms with E-state index >= 15 is 0 Å². The lowest BCUT2D eigenvalue weighted by Gasteiger charge is -2.04. The van der Waals surface area contributed by atoms with Crippen molar-refractivity contribution in [2.75, 3.05) is 17.8 Å². The number of nitro groups is 1. The van der Waals surface area contributed by atoms with Gasteiger partial charge < -0.3 is 4.57 Å². The lowest BCUT2D eigenvalue weighted by Crippen LogP contribution is -2.22. The second kappa shape index (κ2) is 9.54. The molecule has 8 nitrogen and oxygen atoms in total. The van der Waals surface area contributed by atoms with Gasteiger partial charge in [-0.3, -0.25) is 14.9 Å². The van der Waals surface area contributed by atoms with Crippen LogP contribution in [0.2, 0.25) is 0 Å². The van der Waals surface area contributed by atoms with Gasteiger partial charge in [-0.15, -0.1) is 0 Å². The van der Waals surface area contributed by atoms with Crippen molar-refractivity contribution in [3.05, 3.63) is 69.0 Å². The molecule has 3 rings (SSSR count). The first-order chi connectivity index (χ1) is 14.3. The van der Waals surface area contributed by atoms with Crippen LogP contribution in [0.4, 0.5) is 5.69 Å². The Balaban J connectivity index is 1.93. The third kappa shape index (κ3) is 5.55. The molecule has 0 aliphatic carbocycles. The number of non-ortho nitro benzene ring substituents is 1. The summed E-state index contributed by atoms with van der Waals surface area (Å²) >= 11 is 2.74. The van der Waals surface area contributed by atoms with E-state index in [1.54, 1.807) is 52.7 Å². The summed E-state index contributed by atoms with van der Waals surface area (Å²) in [7, 11) is -3.67. The Labute approximate surface area is 181 Å². The molecule has 0 radical (unpaired) electrons. The normalized spacial score (nSPS) is 12.4. The molecule has 0 spiro atoms. The summed E-state index contributed by atoms with van der Waals surface area (Å²) in [4.78, 5) is 27.4. The fourth-order valence-corrected chi connectivity index (χ4v) is 5.58. The average molecular weight is 466 g/mol. The third-order valence-electron chi connectivity index (χ3n) is 4.19. The van der Waals surface area contributed by atoms with Gasteiger partial charge >= 0.3 is 0 Å². The smallest absolute Gasteiger partial charge is 0.270 e. The van der Waals surface area contributed by atoms with Gasteiger partial charge in [0.2, 0.25) is 0 Å². The summed E-state index contributed by atoms with van der Waals surface area (Å²) in [5, 5.41) is 11.0. The fraction of sp³-hybridized carbons (Fsp3) is 0.263. The van der Waals surface area contributed by atoms with Crippen LogP contribution >= 0.6 is 23.1 Å². The van der Waals surface area contributed by atoms with Gasteiger partial charge in [-0.1, -0.05) is 41.7 Å². The summed E-state index contributed by atoms with van der Waals surface area (Å²) in [6.45, 7) is 0.544. The molecule has 0 fully saturated rings. The molecule has 0 aliphatic heterocycles. The summed E-state index contributed by atoms with van der Waals surface area (Å²) in [6.07, 6.45) is 1.94. The molecule has 1 amide bonds. The first-order valence-electron chi connectivity index (χ1n) is 8.88. The Morgan fingerprint density at radius 1 is 1.23 bits per heavy atom. The molecule has 0 saturated heterocycles. The predicted octanol–water partition coefficient (Wildman–Crippen LogP) is 3.02. The first-order valence-corrected chi connectivity index (χ1v) is 12.9. The number of sulfone groups is 1. The topological polar surface area (TPSA) is 112 Å². The summed E-state index contributed by atoms with van der Waals surface area (Å²) < 4.78 is 27.2. The highest BCUT2D eigenvalue weighted by Gasteiger charge is 2.18. The number of nitro benzene ring substituents is 1. The molecular formula is C19H19N3O5S3. The average Bonchev–Trinajstić information content (AvgIpc) is 3.02. The van der Waals surface area contributed by atoms with Crippen LogP contribution in [0.25, 0.3) is 10.2 Å². The number of hydrogen-bond acceptors (Lipinski definition) is 7. The van der Waals surface area contributed by atoms with Crippen LogP contribution in [-0.2, 0) is 26.9 Å². The number of carbonyl (C=O) groups excluding carboxylic acids is 1. The van der Waals surface area contributed by atoms with Crippen molar-refractivity contribution < 1.29 is 18.1 Å². The minimum Gasteiger partial charge on any atom is -0.316 e. The molecule has 0 saturated carbocycles. The number of fused-ring (bicyclic) bond motifs is 1. The van der Waals surface area contributed by atoms with E-state index in [2.05, 4.69) is 4.99 Å². The Morgan fingerprint density at radius 3 is 2.63 bits per heavy atom. The Kier molecular flexibility index (Phi) is 7.06. The number of rotatable bonds is 8. The van der Waals surface area contributed by atoms with Crippen molar-refractivity contribution >= 4 is 54.7 Å². The minimum atomic E-state index is -3.67. The number of aryl methyl sites for hydroxylation is 1. The Hall–Kier alpha value is -2.50. The number of amides is 1. The monoisotopic (exact) mass is 465 g/mol. The third-order valence-corrected chi connectivity index (χ3v) is 7.28. The second-order valence-electron chi connectivity index (χ2n) is 6.46. The quantitative estimate of drug-likeness (QED) is 0.373. The largest absolute Gasteiger partial charge is 0.316 e. The number of hydrogen-bond donors (Lipinski definition) is 0. The van der Waals surface area contributed by atoms with Crippen LogP contribution < -0.4 is 4.80 Å². The standard InChI is InChI=1S/C19H19N3O5S3/c1-28-10-9-21-16-8-7-15(22(24)25)11-17(16)29-19(21)20-18(23)13-30(26,27)12-14-5-3-2-4-6-14/h2-8,11H,9-10,12-13H2,1H3. The van der Waals surface area contributed by atoms with E-state index in [9.17, 15) is 23.3 Å². The van der Waals surface area contributed by atoms with E-state index in [-0.39, 0.29) is 11.4 Å². The molecule has 11 heteroatoms. The zero-order valence-electron chi connectivity index (χ0n) is 16.1. The molecule has 0 aliphatic rings. The summed E-state index contributed by atoms with van der Waals surface area (Å²) in [5.74, 6) is -0.944. The van der Waals surface area contributed by atoms with E-state index in [0.717, 1.165) is 22.6 Å². The van der Waals surface area contributed by atoms with Crippen molar-refractivity contribution in [2.24, 2.45) is 4.99 Å². The molecule has 0 N–H and O–H groups in total. The molecule has 30 heavy (non-hydrogen) atoms. The number of thiazole rings is 1. The molecule has 2 aromatic carbocycles. The molecule has 158 valence electrons. The Bertz CT molecular complexity index is 1250. The lowest BCUT2D eigenvalue weighted by molar-refractivity contribution is -0.384. The fourth-order valence-electron chi connectivity index (χ4n) is 2.87. The van der Waals surface area contributed by atoms with Crippen LogP contribution in [0.1, 0.15) is 5.56 Å². The van der Waals surface area contributed by atoms with E-state index in [0.29, 0.717) is 21.6 Å². The van der Waals surface area contributed by atoms with Gasteiger partial charge in [-0.25, -0.2) is 8.42 Å². The van der Waals surface area contributed by atoms with E-state index in [1.807, 2.05) is 6.26 Å². The molecule has 1 aromatic heterocycles. The van der Waals surface area contributed by atoms with Gasteiger partial charge in [-0.05, 0) is 17.9 Å². The van der Waals surface area contributed by atoms with Crippen molar-refractivity contribution in [3.8, 4) is 0 Å². The highest BCUT2D eigenvalue weighted by molar-refractivity contribution is 7.98. The van der Waals surface area contributed by atoms with Gasteiger partial charge in [-0.2, -0.15) is 16.8 Å². The number of carbonyl (C=O) groups is 1. The molecule has 1 heterocycles. The number of benzene rings is 2. The van der Waals surface area contributed by atoms with Crippen LogP contribution in [0.5, 0.6) is 0 Å². The summed E-state index contributed by atoms with van der Waals surface area (Å²) in [5.41, 5.74) is 1.27. The summed E-state index contributed by atoms with van der Waals surface area (Å²) in [6, 6.07) is 13.1. The maximum atomic E-state index is 12.4. The SMILES string of the molecule is CSCCn1c(=NC(=O)CS(=O)(=O)Cc2ccccc2)sc2cc([N+](=O)[O-])ccc21. The zero-order chi connectivity index (χ0) is 21.7. The molecule has 3 aromatic rings.